The molecule has 1 spiro atoms. The molecule has 4 heteroatoms. The lowest BCUT2D eigenvalue weighted by molar-refractivity contribution is 0.162. The summed E-state index contributed by atoms with van der Waals surface area (Å²) in [6.07, 6.45) is 15.4. The van der Waals surface area contributed by atoms with Gasteiger partial charge in [-0.15, -0.1) is 0 Å². The Kier molecular flexibility index (Phi) is 4.73. The largest absolute Gasteiger partial charge is 0.337 e. The number of hydrogen-bond acceptors (Lipinski definition) is 3. The molecule has 0 amide bonds. The third-order valence-corrected chi connectivity index (χ3v) is 4.94. The second-order valence-electron chi connectivity index (χ2n) is 6.55. The number of hydrogen-bond donors (Lipinski definition) is 1. The highest BCUT2D eigenvalue weighted by Crippen LogP contribution is 2.30. The van der Waals surface area contributed by atoms with Crippen molar-refractivity contribution in [1.29, 1.82) is 0 Å². The lowest BCUT2D eigenvalue weighted by atomic mass is 9.81. The molecule has 4 nitrogen and oxygen atoms in total. The van der Waals surface area contributed by atoms with Crippen molar-refractivity contribution in [2.75, 3.05) is 26.2 Å². The predicted octanol–water partition coefficient (Wildman–Crippen LogP) is 2.27. The van der Waals surface area contributed by atoms with Crippen LogP contribution in [0.2, 0.25) is 0 Å². The molecule has 2 fully saturated rings. The number of imidazole rings is 1. The molecule has 1 N–H and O–H groups in total. The molecule has 2 heterocycles. The van der Waals surface area contributed by atoms with Gasteiger partial charge in [-0.25, -0.2) is 4.98 Å². The Balaban J connectivity index is 1.50. The monoisotopic (exact) mass is 276 g/mol. The van der Waals surface area contributed by atoms with Crippen molar-refractivity contribution >= 4 is 0 Å². The van der Waals surface area contributed by atoms with E-state index in [-0.39, 0.29) is 0 Å². The topological polar surface area (TPSA) is 33.1 Å². The molecule has 0 unspecified atom stereocenters. The van der Waals surface area contributed by atoms with Crippen LogP contribution >= 0.6 is 0 Å². The van der Waals surface area contributed by atoms with Crippen LogP contribution in [0.1, 0.15) is 44.9 Å². The first kappa shape index (κ1) is 14.1. The third kappa shape index (κ3) is 3.61. The van der Waals surface area contributed by atoms with E-state index >= 15 is 0 Å². The molecule has 1 aliphatic heterocycles. The summed E-state index contributed by atoms with van der Waals surface area (Å²) in [5, 5.41) is 3.87. The lowest BCUT2D eigenvalue weighted by Crippen LogP contribution is -2.52. The Hall–Kier alpha value is -0.870. The Morgan fingerprint density at radius 2 is 2.00 bits per heavy atom. The highest BCUT2D eigenvalue weighted by atomic mass is 15.2. The quantitative estimate of drug-likeness (QED) is 0.916. The van der Waals surface area contributed by atoms with Crippen molar-refractivity contribution in [3.63, 3.8) is 0 Å². The average molecular weight is 276 g/mol. The van der Waals surface area contributed by atoms with Gasteiger partial charge in [0.15, 0.2) is 0 Å². The minimum absolute atomic E-state index is 0.434. The summed E-state index contributed by atoms with van der Waals surface area (Å²) in [4.78, 5) is 6.81. The summed E-state index contributed by atoms with van der Waals surface area (Å²) in [5.41, 5.74) is 0.434. The maximum Gasteiger partial charge on any atom is 0.0945 e. The molecule has 1 aromatic heterocycles. The summed E-state index contributed by atoms with van der Waals surface area (Å²) in [7, 11) is 0. The fourth-order valence-corrected chi connectivity index (χ4v) is 3.87. The van der Waals surface area contributed by atoms with E-state index in [1.54, 1.807) is 0 Å². The van der Waals surface area contributed by atoms with Crippen LogP contribution in [0.25, 0.3) is 0 Å². The fourth-order valence-electron chi connectivity index (χ4n) is 3.87. The second-order valence-corrected chi connectivity index (χ2v) is 6.55. The van der Waals surface area contributed by atoms with E-state index in [0.717, 1.165) is 6.54 Å². The van der Waals surface area contributed by atoms with Crippen LogP contribution in [0.5, 0.6) is 0 Å². The first-order valence-corrected chi connectivity index (χ1v) is 8.30. The lowest BCUT2D eigenvalue weighted by Gasteiger charge is -2.40. The van der Waals surface area contributed by atoms with E-state index in [2.05, 4.69) is 26.0 Å². The minimum Gasteiger partial charge on any atom is -0.337 e. The third-order valence-electron chi connectivity index (χ3n) is 4.94. The van der Waals surface area contributed by atoms with Gasteiger partial charge in [0.25, 0.3) is 0 Å². The molecule has 112 valence electrons. The summed E-state index contributed by atoms with van der Waals surface area (Å²) in [6.45, 7) is 6.05. The Bertz CT molecular complexity index is 381. The molecule has 0 atom stereocenters. The molecule has 20 heavy (non-hydrogen) atoms. The first-order valence-electron chi connectivity index (χ1n) is 8.30. The van der Waals surface area contributed by atoms with Crippen LogP contribution in [0.3, 0.4) is 0 Å². The maximum atomic E-state index is 4.11. The van der Waals surface area contributed by atoms with Gasteiger partial charge < -0.3 is 14.8 Å². The van der Waals surface area contributed by atoms with Crippen LogP contribution in [0, 0.1) is 0 Å². The van der Waals surface area contributed by atoms with Crippen LogP contribution in [0.15, 0.2) is 18.7 Å². The van der Waals surface area contributed by atoms with Crippen molar-refractivity contribution in [3.05, 3.63) is 18.7 Å². The van der Waals surface area contributed by atoms with Crippen LogP contribution < -0.4 is 5.32 Å². The van der Waals surface area contributed by atoms with E-state index in [1.165, 1.54) is 71.1 Å². The van der Waals surface area contributed by atoms with E-state index in [4.69, 9.17) is 0 Å². The van der Waals surface area contributed by atoms with Gasteiger partial charge in [-0.1, -0.05) is 19.3 Å². The van der Waals surface area contributed by atoms with Crippen molar-refractivity contribution < 1.29 is 0 Å². The predicted molar refractivity (Wildman–Crippen MR) is 81.7 cm³/mol. The van der Waals surface area contributed by atoms with E-state index < -0.39 is 0 Å². The molecule has 1 saturated heterocycles. The molecule has 0 aromatic carbocycles. The molecule has 2 aliphatic rings. The average Bonchev–Trinajstić information content (AvgIpc) is 2.90. The van der Waals surface area contributed by atoms with Gasteiger partial charge in [0.1, 0.15) is 0 Å². The van der Waals surface area contributed by atoms with Crippen molar-refractivity contribution in [2.24, 2.45) is 0 Å². The highest BCUT2D eigenvalue weighted by Gasteiger charge is 2.34. The summed E-state index contributed by atoms with van der Waals surface area (Å²) >= 11 is 0. The van der Waals surface area contributed by atoms with Gasteiger partial charge in [0.05, 0.1) is 6.33 Å². The van der Waals surface area contributed by atoms with Crippen molar-refractivity contribution in [2.45, 2.75) is 57.0 Å². The van der Waals surface area contributed by atoms with Gasteiger partial charge in [-0.2, -0.15) is 0 Å². The number of nitrogens with zero attached hydrogens (tertiary/aromatic N) is 3. The molecule has 1 aliphatic carbocycles. The first-order chi connectivity index (χ1) is 9.86. The van der Waals surface area contributed by atoms with Crippen LogP contribution in [0.4, 0.5) is 0 Å². The molecule has 1 aromatic rings. The standard InChI is InChI=1S/C16H28N4/c1-2-6-16(7-3-1)14-19(10-4-8-18-16)11-5-12-20-13-9-17-15-20/h9,13,15,18H,1-8,10-12,14H2. The molecule has 0 radical (unpaired) electrons. The minimum atomic E-state index is 0.434. The zero-order chi connectivity index (χ0) is 13.7. The molecular formula is C16H28N4. The zero-order valence-corrected chi connectivity index (χ0v) is 12.6. The molecule has 3 rings (SSSR count). The molecular weight excluding hydrogens is 248 g/mol. The van der Waals surface area contributed by atoms with E-state index in [0.29, 0.717) is 5.54 Å². The number of rotatable bonds is 4. The molecule has 0 bridgehead atoms. The van der Waals surface area contributed by atoms with Gasteiger partial charge in [0.2, 0.25) is 0 Å². The summed E-state index contributed by atoms with van der Waals surface area (Å²) < 4.78 is 2.19. The number of nitrogens with one attached hydrogen (secondary N) is 1. The second kappa shape index (κ2) is 6.72. The molecule has 1 saturated carbocycles. The van der Waals surface area contributed by atoms with Crippen LogP contribution in [-0.2, 0) is 6.54 Å². The summed E-state index contributed by atoms with van der Waals surface area (Å²) in [6, 6.07) is 0. The Labute approximate surface area is 122 Å². The van der Waals surface area contributed by atoms with Gasteiger partial charge >= 0.3 is 0 Å². The fraction of sp³-hybridized carbons (Fsp3) is 0.812. The maximum absolute atomic E-state index is 4.11. The van der Waals surface area contributed by atoms with Gasteiger partial charge in [-0.3, -0.25) is 0 Å². The normalized spacial score (nSPS) is 23.8. The van der Waals surface area contributed by atoms with E-state index in [9.17, 15) is 0 Å². The Morgan fingerprint density at radius 3 is 2.80 bits per heavy atom. The van der Waals surface area contributed by atoms with Gasteiger partial charge in [0, 0.05) is 31.0 Å². The number of aryl methyl sites for hydroxylation is 1. The smallest absolute Gasteiger partial charge is 0.0945 e. The highest BCUT2D eigenvalue weighted by molar-refractivity contribution is 4.95. The zero-order valence-electron chi connectivity index (χ0n) is 12.6. The van der Waals surface area contributed by atoms with Crippen molar-refractivity contribution in [1.82, 2.24) is 19.8 Å². The van der Waals surface area contributed by atoms with Crippen molar-refractivity contribution in [3.8, 4) is 0 Å². The van der Waals surface area contributed by atoms with Gasteiger partial charge in [-0.05, 0) is 45.3 Å². The van der Waals surface area contributed by atoms with Crippen LogP contribution in [-0.4, -0.2) is 46.2 Å². The SMILES string of the molecule is c1cn(CCCN2CCCNC3(CCCCC3)C2)cn1. The number of aromatic nitrogens is 2. The Morgan fingerprint density at radius 1 is 1.10 bits per heavy atom. The summed E-state index contributed by atoms with van der Waals surface area (Å²) in [5.74, 6) is 0. The van der Waals surface area contributed by atoms with E-state index in [1.807, 2.05) is 12.5 Å².